The average Bonchev–Trinajstić information content (AvgIpc) is 2.46. The third kappa shape index (κ3) is 5.95. The zero-order valence-electron chi connectivity index (χ0n) is 12.1. The highest BCUT2D eigenvalue weighted by Crippen LogP contribution is 2.08. The summed E-state index contributed by atoms with van der Waals surface area (Å²) >= 11 is 5.80. The number of hydrogen-bond acceptors (Lipinski definition) is 4. The number of nitrogens with one attached hydrogen (secondary N) is 1. The van der Waals surface area contributed by atoms with E-state index in [9.17, 15) is 9.59 Å². The molecule has 1 aromatic rings. The maximum absolute atomic E-state index is 11.7. The van der Waals surface area contributed by atoms with Gasteiger partial charge < -0.3 is 9.47 Å². The molecule has 0 heterocycles. The molecule has 0 aliphatic carbocycles. The van der Waals surface area contributed by atoms with Crippen LogP contribution in [0.15, 0.2) is 24.3 Å². The standard InChI is InChI=1S/C15H18ClNO4/c1-3-20-14(18)13(15(19)21-4-2)10-17-9-11-5-7-12(16)8-6-11/h5-8,10,13H,3-4,9H2,1-2H3/p+1. The van der Waals surface area contributed by atoms with Gasteiger partial charge in [0.2, 0.25) is 5.92 Å². The van der Waals surface area contributed by atoms with E-state index >= 15 is 0 Å². The second-order valence-corrected chi connectivity index (χ2v) is 4.59. The molecule has 1 N–H and O–H groups in total. The molecule has 0 spiro atoms. The van der Waals surface area contributed by atoms with Crippen LogP contribution in [-0.4, -0.2) is 31.4 Å². The Hall–Kier alpha value is -1.88. The van der Waals surface area contributed by atoms with Crippen LogP contribution in [-0.2, 0) is 25.6 Å². The van der Waals surface area contributed by atoms with Crippen molar-refractivity contribution in [3.8, 4) is 0 Å². The van der Waals surface area contributed by atoms with Crippen LogP contribution in [0.1, 0.15) is 19.4 Å². The minimum absolute atomic E-state index is 0.208. The molecule has 0 aliphatic rings. The Balaban J connectivity index is 2.70. The Morgan fingerprint density at radius 2 is 1.67 bits per heavy atom. The summed E-state index contributed by atoms with van der Waals surface area (Å²) in [5.74, 6) is -2.32. The molecule has 0 aliphatic heterocycles. The van der Waals surface area contributed by atoms with Gasteiger partial charge in [-0.15, -0.1) is 0 Å². The summed E-state index contributed by atoms with van der Waals surface area (Å²) in [6, 6.07) is 7.25. The summed E-state index contributed by atoms with van der Waals surface area (Å²) in [5, 5.41) is 0.652. The van der Waals surface area contributed by atoms with Gasteiger partial charge in [-0.3, -0.25) is 9.59 Å². The highest BCUT2D eigenvalue weighted by atomic mass is 35.5. The van der Waals surface area contributed by atoms with E-state index in [1.807, 2.05) is 12.1 Å². The fourth-order valence-corrected chi connectivity index (χ4v) is 1.72. The third-order valence-corrected chi connectivity index (χ3v) is 2.84. The number of hydrogen-bond donors (Lipinski definition) is 1. The lowest BCUT2D eigenvalue weighted by molar-refractivity contribution is -0.471. The van der Waals surface area contributed by atoms with Crippen LogP contribution in [0.2, 0.25) is 5.02 Å². The number of halogens is 1. The van der Waals surface area contributed by atoms with E-state index < -0.39 is 17.9 Å². The SMILES string of the molecule is CCOC(=O)C(C=[NH+]Cc1ccc(Cl)cc1)C(=O)OCC. The van der Waals surface area contributed by atoms with Gasteiger partial charge in [0.05, 0.1) is 13.2 Å². The predicted molar refractivity (Wildman–Crippen MR) is 78.9 cm³/mol. The number of carbonyl (C=O) groups is 2. The molecule has 0 fully saturated rings. The first-order valence-electron chi connectivity index (χ1n) is 6.72. The first kappa shape index (κ1) is 17.2. The molecule has 6 heteroatoms. The second kappa shape index (κ2) is 9.13. The van der Waals surface area contributed by atoms with Gasteiger partial charge in [0.15, 0.2) is 12.8 Å². The zero-order chi connectivity index (χ0) is 15.7. The summed E-state index contributed by atoms with van der Waals surface area (Å²) in [6.45, 7) is 4.24. The van der Waals surface area contributed by atoms with Gasteiger partial charge in [0.1, 0.15) is 0 Å². The number of carbonyl (C=O) groups excluding carboxylic acids is 2. The molecule has 0 saturated heterocycles. The van der Waals surface area contributed by atoms with Crippen molar-refractivity contribution in [3.05, 3.63) is 34.9 Å². The normalized spacial score (nSPS) is 10.9. The van der Waals surface area contributed by atoms with E-state index in [4.69, 9.17) is 21.1 Å². The fourth-order valence-electron chi connectivity index (χ4n) is 1.59. The molecule has 0 bridgehead atoms. The van der Waals surface area contributed by atoms with Crippen LogP contribution >= 0.6 is 11.6 Å². The van der Waals surface area contributed by atoms with Crippen molar-refractivity contribution in [2.75, 3.05) is 13.2 Å². The first-order chi connectivity index (χ1) is 10.1. The maximum atomic E-state index is 11.7. The summed E-state index contributed by atoms with van der Waals surface area (Å²) in [5.41, 5.74) is 0.974. The Morgan fingerprint density at radius 1 is 1.14 bits per heavy atom. The van der Waals surface area contributed by atoms with Crippen molar-refractivity contribution in [1.29, 1.82) is 0 Å². The van der Waals surface area contributed by atoms with Crippen LogP contribution in [0.3, 0.4) is 0 Å². The quantitative estimate of drug-likeness (QED) is 0.458. The number of esters is 2. The van der Waals surface area contributed by atoms with E-state index in [0.29, 0.717) is 11.6 Å². The van der Waals surface area contributed by atoms with Crippen molar-refractivity contribution in [1.82, 2.24) is 0 Å². The monoisotopic (exact) mass is 312 g/mol. The highest BCUT2D eigenvalue weighted by molar-refractivity contribution is 6.30. The van der Waals surface area contributed by atoms with Gasteiger partial charge in [0, 0.05) is 10.6 Å². The minimum atomic E-state index is -1.07. The van der Waals surface area contributed by atoms with Gasteiger partial charge in [0.25, 0.3) is 0 Å². The van der Waals surface area contributed by atoms with Gasteiger partial charge >= 0.3 is 11.9 Å². The van der Waals surface area contributed by atoms with Crippen molar-refractivity contribution >= 4 is 29.8 Å². The molecule has 114 valence electrons. The number of ether oxygens (including phenoxy) is 2. The smallest absolute Gasteiger partial charge is 0.330 e. The summed E-state index contributed by atoms with van der Waals surface area (Å²) < 4.78 is 9.72. The molecule has 0 unspecified atom stereocenters. The highest BCUT2D eigenvalue weighted by Gasteiger charge is 2.30. The van der Waals surface area contributed by atoms with Crippen LogP contribution in [0.5, 0.6) is 0 Å². The van der Waals surface area contributed by atoms with Gasteiger partial charge in [-0.2, -0.15) is 0 Å². The Morgan fingerprint density at radius 3 is 2.14 bits per heavy atom. The lowest BCUT2D eigenvalue weighted by Crippen LogP contribution is -2.69. The third-order valence-electron chi connectivity index (χ3n) is 2.59. The molecule has 1 rings (SSSR count). The molecule has 0 amide bonds. The Bertz CT molecular complexity index is 481. The summed E-state index contributed by atoms with van der Waals surface area (Å²) in [4.78, 5) is 26.4. The summed E-state index contributed by atoms with van der Waals surface area (Å²) in [7, 11) is 0. The molecule has 5 nitrogen and oxygen atoms in total. The minimum Gasteiger partial charge on any atom is -0.465 e. The second-order valence-electron chi connectivity index (χ2n) is 4.16. The van der Waals surface area contributed by atoms with Crippen molar-refractivity contribution in [2.24, 2.45) is 5.92 Å². The molecule has 0 saturated carbocycles. The van der Waals surface area contributed by atoms with Crippen LogP contribution in [0.25, 0.3) is 0 Å². The van der Waals surface area contributed by atoms with Crippen LogP contribution in [0, 0.1) is 5.92 Å². The predicted octanol–water partition coefficient (Wildman–Crippen LogP) is 0.734. The molecular formula is C15H19ClNO4+. The maximum Gasteiger partial charge on any atom is 0.330 e. The fraction of sp³-hybridized carbons (Fsp3) is 0.400. The molecule has 0 atom stereocenters. The van der Waals surface area contributed by atoms with Gasteiger partial charge in [-0.25, -0.2) is 4.99 Å². The lowest BCUT2D eigenvalue weighted by Gasteiger charge is -2.07. The van der Waals surface area contributed by atoms with E-state index in [0.717, 1.165) is 5.56 Å². The summed E-state index contributed by atoms with van der Waals surface area (Å²) in [6.07, 6.45) is 1.39. The van der Waals surface area contributed by atoms with Gasteiger partial charge in [-0.1, -0.05) is 23.7 Å². The van der Waals surface area contributed by atoms with Crippen LogP contribution < -0.4 is 4.99 Å². The van der Waals surface area contributed by atoms with Gasteiger partial charge in [-0.05, 0) is 26.0 Å². The molecule has 0 aromatic heterocycles. The van der Waals surface area contributed by atoms with Crippen LogP contribution in [0.4, 0.5) is 0 Å². The lowest BCUT2D eigenvalue weighted by atomic mass is 10.1. The van der Waals surface area contributed by atoms with E-state index in [2.05, 4.69) is 4.99 Å². The van der Waals surface area contributed by atoms with Crippen molar-refractivity contribution in [2.45, 2.75) is 20.4 Å². The van der Waals surface area contributed by atoms with E-state index in [-0.39, 0.29) is 13.2 Å². The molecular weight excluding hydrogens is 294 g/mol. The topological polar surface area (TPSA) is 66.6 Å². The van der Waals surface area contributed by atoms with E-state index in [1.54, 1.807) is 26.0 Å². The average molecular weight is 313 g/mol. The molecule has 21 heavy (non-hydrogen) atoms. The first-order valence-corrected chi connectivity index (χ1v) is 7.10. The van der Waals surface area contributed by atoms with Crippen molar-refractivity contribution < 1.29 is 24.1 Å². The number of benzene rings is 1. The number of rotatable bonds is 7. The Labute approximate surface area is 128 Å². The molecule has 0 radical (unpaired) electrons. The zero-order valence-corrected chi connectivity index (χ0v) is 12.9. The largest absolute Gasteiger partial charge is 0.465 e. The molecule has 1 aromatic carbocycles. The Kier molecular flexibility index (Phi) is 7.46. The van der Waals surface area contributed by atoms with E-state index in [1.165, 1.54) is 6.21 Å². The van der Waals surface area contributed by atoms with Crippen molar-refractivity contribution in [3.63, 3.8) is 0 Å².